The molecule has 3 aromatic rings. The first-order valence-electron chi connectivity index (χ1n) is 9.19. The molecule has 1 radical (unpaired) electrons. The van der Waals surface area contributed by atoms with Gasteiger partial charge in [-0.3, -0.25) is 5.11 Å². The zero-order valence-electron chi connectivity index (χ0n) is 16.6. The second-order valence-electron chi connectivity index (χ2n) is 7.38. The van der Waals surface area contributed by atoms with Crippen molar-refractivity contribution in [1.82, 2.24) is 15.0 Å². The molecule has 3 rings (SSSR count). The molecule has 0 saturated heterocycles. The lowest BCUT2D eigenvalue weighted by Gasteiger charge is -2.09. The highest BCUT2D eigenvalue weighted by Gasteiger charge is 2.27. The molecule has 2 heterocycles. The summed E-state index contributed by atoms with van der Waals surface area (Å²) in [6.45, 7) is 6.80. The van der Waals surface area contributed by atoms with Crippen molar-refractivity contribution in [3.05, 3.63) is 29.0 Å². The molecule has 9 heteroatoms. The van der Waals surface area contributed by atoms with Crippen LogP contribution < -0.4 is 4.74 Å². The number of nitrogens with zero attached hydrogens (tertiary/aromatic N) is 3. The summed E-state index contributed by atoms with van der Waals surface area (Å²) in [6.07, 6.45) is -4.90. The maximum Gasteiger partial charge on any atom is 0.392 e. The standard InChI is InChI=1S/C20H21F3N3O3/c1-10(2)7-14-15-18(26-19(24-14)28-6-5-20(21,22)23)29-17(25-15)13-8-11(3)16(27)12(4)9-13/h8-10H,5-7H2,1-4H3. The molecular formula is C20H21F3N3O3. The molecule has 0 atom stereocenters. The maximum absolute atomic E-state index is 12.4. The van der Waals surface area contributed by atoms with Gasteiger partial charge in [-0.1, -0.05) is 13.8 Å². The van der Waals surface area contributed by atoms with E-state index in [1.807, 2.05) is 13.8 Å². The van der Waals surface area contributed by atoms with E-state index in [2.05, 4.69) is 15.0 Å². The molecule has 0 saturated carbocycles. The van der Waals surface area contributed by atoms with E-state index in [0.717, 1.165) is 0 Å². The largest absolute Gasteiger partial charge is 0.463 e. The van der Waals surface area contributed by atoms with Gasteiger partial charge in [-0.2, -0.15) is 23.1 Å². The fourth-order valence-corrected chi connectivity index (χ4v) is 2.90. The van der Waals surface area contributed by atoms with Crippen molar-refractivity contribution in [2.24, 2.45) is 5.92 Å². The minimum Gasteiger partial charge on any atom is -0.463 e. The zero-order valence-corrected chi connectivity index (χ0v) is 16.6. The van der Waals surface area contributed by atoms with Crippen molar-refractivity contribution in [3.63, 3.8) is 0 Å². The highest BCUT2D eigenvalue weighted by Crippen LogP contribution is 2.32. The number of oxazole rings is 1. The third kappa shape index (κ3) is 4.96. The molecule has 1 aromatic carbocycles. The molecule has 6 nitrogen and oxygen atoms in total. The monoisotopic (exact) mass is 408 g/mol. The SMILES string of the molecule is Cc1cc(-c2nc3c(CC(C)C)nc(OCCC(F)(F)F)nc3o2)cc(C)c1[O]. The predicted octanol–water partition coefficient (Wildman–Crippen LogP) is 5.58. The second kappa shape index (κ2) is 7.88. The van der Waals surface area contributed by atoms with Crippen molar-refractivity contribution in [1.29, 1.82) is 0 Å². The number of alkyl halides is 3. The third-order valence-corrected chi connectivity index (χ3v) is 4.24. The van der Waals surface area contributed by atoms with E-state index in [-0.39, 0.29) is 29.3 Å². The van der Waals surface area contributed by atoms with Crippen LogP contribution in [0.15, 0.2) is 16.5 Å². The first-order chi connectivity index (χ1) is 13.5. The first-order valence-corrected chi connectivity index (χ1v) is 9.19. The van der Waals surface area contributed by atoms with Gasteiger partial charge in [0.15, 0.2) is 11.3 Å². The minimum absolute atomic E-state index is 0.0505. The third-order valence-electron chi connectivity index (χ3n) is 4.24. The highest BCUT2D eigenvalue weighted by atomic mass is 19.4. The summed E-state index contributed by atoms with van der Waals surface area (Å²) < 4.78 is 48.0. The topological polar surface area (TPSA) is 80.9 Å². The van der Waals surface area contributed by atoms with Crippen molar-refractivity contribution in [3.8, 4) is 23.2 Å². The molecular weight excluding hydrogens is 387 g/mol. The van der Waals surface area contributed by atoms with E-state index in [9.17, 15) is 18.3 Å². The van der Waals surface area contributed by atoms with Gasteiger partial charge < -0.3 is 9.15 Å². The van der Waals surface area contributed by atoms with Gasteiger partial charge in [0.05, 0.1) is 12.1 Å². The van der Waals surface area contributed by atoms with Gasteiger partial charge in [0.2, 0.25) is 5.89 Å². The normalized spacial score (nSPS) is 12.1. The van der Waals surface area contributed by atoms with E-state index in [1.165, 1.54) is 0 Å². The first kappa shape index (κ1) is 20.9. The van der Waals surface area contributed by atoms with Crippen LogP contribution >= 0.6 is 0 Å². The Labute approximate surface area is 165 Å². The lowest BCUT2D eigenvalue weighted by molar-refractivity contribution is -0.139. The fraction of sp³-hybridized carbons (Fsp3) is 0.450. The Bertz CT molecular complexity index is 1010. The van der Waals surface area contributed by atoms with Crippen LogP contribution in [0.3, 0.4) is 0 Å². The Morgan fingerprint density at radius 3 is 2.34 bits per heavy atom. The van der Waals surface area contributed by atoms with Gasteiger partial charge in [-0.05, 0) is 49.4 Å². The van der Waals surface area contributed by atoms with Crippen LogP contribution in [0, 0.1) is 19.8 Å². The highest BCUT2D eigenvalue weighted by molar-refractivity contribution is 5.76. The van der Waals surface area contributed by atoms with Crippen molar-refractivity contribution in [2.45, 2.75) is 46.7 Å². The molecule has 0 aliphatic carbocycles. The number of fused-ring (bicyclic) bond motifs is 1. The van der Waals surface area contributed by atoms with E-state index in [1.54, 1.807) is 26.0 Å². The molecule has 0 fully saturated rings. The smallest absolute Gasteiger partial charge is 0.392 e. The average molecular weight is 408 g/mol. The summed E-state index contributed by atoms with van der Waals surface area (Å²) in [5.41, 5.74) is 2.84. The zero-order chi connectivity index (χ0) is 21.3. The summed E-state index contributed by atoms with van der Waals surface area (Å²) in [6, 6.07) is 3.18. The lowest BCUT2D eigenvalue weighted by atomic mass is 10.1. The Morgan fingerprint density at radius 1 is 1.10 bits per heavy atom. The van der Waals surface area contributed by atoms with Crippen LogP contribution in [0.2, 0.25) is 0 Å². The average Bonchev–Trinajstić information content (AvgIpc) is 3.02. The van der Waals surface area contributed by atoms with Gasteiger partial charge in [0.25, 0.3) is 5.71 Å². The molecule has 29 heavy (non-hydrogen) atoms. The molecule has 0 aliphatic rings. The summed E-state index contributed by atoms with van der Waals surface area (Å²) in [4.78, 5) is 12.8. The van der Waals surface area contributed by atoms with Crippen LogP contribution in [0.25, 0.3) is 22.7 Å². The van der Waals surface area contributed by atoms with E-state index < -0.39 is 19.2 Å². The van der Waals surface area contributed by atoms with Gasteiger partial charge in [0.1, 0.15) is 6.61 Å². The Hall–Kier alpha value is -2.84. The van der Waals surface area contributed by atoms with Crippen molar-refractivity contribution in [2.75, 3.05) is 6.61 Å². The number of hydrogen-bond donors (Lipinski definition) is 0. The van der Waals surface area contributed by atoms with E-state index in [4.69, 9.17) is 9.15 Å². The van der Waals surface area contributed by atoms with Crippen LogP contribution in [-0.4, -0.2) is 27.7 Å². The van der Waals surface area contributed by atoms with Gasteiger partial charge in [-0.25, -0.2) is 4.98 Å². The number of benzene rings is 1. The fourth-order valence-electron chi connectivity index (χ4n) is 2.90. The molecule has 0 N–H and O–H groups in total. The molecule has 2 aromatic heterocycles. The van der Waals surface area contributed by atoms with Gasteiger partial charge in [-0.15, -0.1) is 0 Å². The summed E-state index contributed by atoms with van der Waals surface area (Å²) in [7, 11) is 0. The van der Waals surface area contributed by atoms with E-state index in [0.29, 0.717) is 34.3 Å². The number of ether oxygens (including phenoxy) is 1. The molecule has 0 bridgehead atoms. The van der Waals surface area contributed by atoms with Crippen molar-refractivity contribution < 1.29 is 27.4 Å². The van der Waals surface area contributed by atoms with Gasteiger partial charge >= 0.3 is 12.2 Å². The number of halogens is 3. The molecule has 0 amide bonds. The Morgan fingerprint density at radius 2 is 1.76 bits per heavy atom. The second-order valence-corrected chi connectivity index (χ2v) is 7.38. The van der Waals surface area contributed by atoms with E-state index >= 15 is 0 Å². The summed E-state index contributed by atoms with van der Waals surface area (Å²) in [5.74, 6) is 0.434. The summed E-state index contributed by atoms with van der Waals surface area (Å²) in [5, 5.41) is 11.9. The number of aromatic nitrogens is 3. The molecule has 0 spiro atoms. The molecule has 0 aliphatic heterocycles. The van der Waals surface area contributed by atoms with Crippen LogP contribution in [0.4, 0.5) is 13.2 Å². The predicted molar refractivity (Wildman–Crippen MR) is 99.4 cm³/mol. The van der Waals surface area contributed by atoms with Crippen LogP contribution in [-0.2, 0) is 11.5 Å². The maximum atomic E-state index is 12.4. The van der Waals surface area contributed by atoms with Crippen LogP contribution in [0.1, 0.15) is 37.1 Å². The number of aryl methyl sites for hydroxylation is 2. The number of rotatable bonds is 6. The quantitative estimate of drug-likeness (QED) is 0.532. The molecule has 0 unspecified atom stereocenters. The minimum atomic E-state index is -4.33. The van der Waals surface area contributed by atoms with Gasteiger partial charge in [0, 0.05) is 5.56 Å². The van der Waals surface area contributed by atoms with Crippen LogP contribution in [0.5, 0.6) is 11.8 Å². The molecule has 155 valence electrons. The lowest BCUT2D eigenvalue weighted by Crippen LogP contribution is -2.14. The Kier molecular flexibility index (Phi) is 5.68. The van der Waals surface area contributed by atoms with Crippen molar-refractivity contribution >= 4 is 11.2 Å². The number of hydrogen-bond acceptors (Lipinski definition) is 5. The summed E-state index contributed by atoms with van der Waals surface area (Å²) >= 11 is 0. The Balaban J connectivity index is 2.01.